The van der Waals surface area contributed by atoms with Gasteiger partial charge in [0.25, 0.3) is 0 Å². The Balaban J connectivity index is 1.93. The van der Waals surface area contributed by atoms with E-state index in [4.69, 9.17) is 4.74 Å². The molecule has 1 fully saturated rings. The molecule has 0 unspecified atom stereocenters. The Morgan fingerprint density at radius 3 is 2.45 bits per heavy atom. The zero-order chi connectivity index (χ0) is 22.3. The molecule has 0 saturated heterocycles. The van der Waals surface area contributed by atoms with Crippen LogP contribution in [0.15, 0.2) is 55.6 Å². The van der Waals surface area contributed by atoms with Crippen molar-refractivity contribution in [3.8, 4) is 22.6 Å². The normalized spacial score (nSPS) is 26.8. The molecule has 1 aliphatic carbocycles. The number of benzene rings is 2. The lowest BCUT2D eigenvalue weighted by Crippen LogP contribution is -2.50. The van der Waals surface area contributed by atoms with E-state index < -0.39 is 5.60 Å². The summed E-state index contributed by atoms with van der Waals surface area (Å²) in [7, 11) is 0. The molecule has 3 nitrogen and oxygen atoms in total. The number of ether oxygens (including phenoxy) is 1. The summed E-state index contributed by atoms with van der Waals surface area (Å²) in [6.07, 6.45) is 6.69. The molecule has 2 N–H and O–H groups in total. The number of rotatable bonds is 6. The SMILES string of the molecule is C=CCc1ccc(O)c(-c2cc(CC=C)cc3c2O[C@@H]2[C@H]3[C@@H](C(C)C)CC[C@@]2(C)O)c1. The van der Waals surface area contributed by atoms with Gasteiger partial charge < -0.3 is 14.9 Å². The quantitative estimate of drug-likeness (QED) is 0.551. The third-order valence-corrected chi connectivity index (χ3v) is 7.13. The Bertz CT molecular complexity index is 1000. The minimum atomic E-state index is -0.877. The Morgan fingerprint density at radius 2 is 1.77 bits per heavy atom. The van der Waals surface area contributed by atoms with Crippen LogP contribution in [0.2, 0.25) is 0 Å². The first-order valence-electron chi connectivity index (χ1n) is 11.4. The van der Waals surface area contributed by atoms with Gasteiger partial charge >= 0.3 is 0 Å². The summed E-state index contributed by atoms with van der Waals surface area (Å²) in [5.74, 6) is 2.12. The third-order valence-electron chi connectivity index (χ3n) is 7.13. The monoisotopic (exact) mass is 418 g/mol. The van der Waals surface area contributed by atoms with E-state index >= 15 is 0 Å². The number of fused-ring (bicyclic) bond motifs is 3. The Hall–Kier alpha value is -2.52. The molecule has 1 heterocycles. The van der Waals surface area contributed by atoms with Crippen LogP contribution in [0.25, 0.3) is 11.1 Å². The average Bonchev–Trinajstić information content (AvgIpc) is 3.10. The Labute approximate surface area is 186 Å². The van der Waals surface area contributed by atoms with Gasteiger partial charge in [-0.2, -0.15) is 0 Å². The van der Waals surface area contributed by atoms with Crippen molar-refractivity contribution in [3.05, 3.63) is 72.3 Å². The maximum atomic E-state index is 11.2. The molecule has 1 saturated carbocycles. The first-order chi connectivity index (χ1) is 14.8. The highest BCUT2D eigenvalue weighted by molar-refractivity contribution is 5.79. The molecule has 0 radical (unpaired) electrons. The minimum absolute atomic E-state index is 0.140. The van der Waals surface area contributed by atoms with E-state index in [-0.39, 0.29) is 17.8 Å². The van der Waals surface area contributed by atoms with Crippen LogP contribution in [-0.4, -0.2) is 21.9 Å². The summed E-state index contributed by atoms with van der Waals surface area (Å²) in [5.41, 5.74) is 4.18. The highest BCUT2D eigenvalue weighted by Crippen LogP contribution is 2.56. The molecule has 0 spiro atoms. The minimum Gasteiger partial charge on any atom is -0.507 e. The van der Waals surface area contributed by atoms with Crippen molar-refractivity contribution in [3.63, 3.8) is 0 Å². The van der Waals surface area contributed by atoms with E-state index in [1.807, 2.05) is 31.2 Å². The molecular weight excluding hydrogens is 384 g/mol. The van der Waals surface area contributed by atoms with Crippen molar-refractivity contribution in [1.29, 1.82) is 0 Å². The lowest BCUT2D eigenvalue weighted by Gasteiger charge is -2.43. The number of phenolic OH excluding ortho intramolecular Hbond substituents is 1. The van der Waals surface area contributed by atoms with Gasteiger partial charge in [0.05, 0.1) is 5.60 Å². The predicted octanol–water partition coefficient (Wildman–Crippen LogP) is 6.18. The van der Waals surface area contributed by atoms with E-state index in [2.05, 4.69) is 39.1 Å². The molecular formula is C28H34O3. The zero-order valence-corrected chi connectivity index (χ0v) is 18.9. The van der Waals surface area contributed by atoms with Gasteiger partial charge in [0.1, 0.15) is 17.6 Å². The predicted molar refractivity (Wildman–Crippen MR) is 127 cm³/mol. The van der Waals surface area contributed by atoms with Gasteiger partial charge in [0.15, 0.2) is 0 Å². The van der Waals surface area contributed by atoms with E-state index in [1.54, 1.807) is 6.07 Å². The van der Waals surface area contributed by atoms with Crippen molar-refractivity contribution >= 4 is 0 Å². The van der Waals surface area contributed by atoms with Crippen molar-refractivity contribution in [2.75, 3.05) is 0 Å². The second-order valence-electron chi connectivity index (χ2n) is 9.77. The highest BCUT2D eigenvalue weighted by atomic mass is 16.5. The van der Waals surface area contributed by atoms with Crippen LogP contribution in [-0.2, 0) is 12.8 Å². The average molecular weight is 419 g/mol. The largest absolute Gasteiger partial charge is 0.507 e. The van der Waals surface area contributed by atoms with Crippen molar-refractivity contribution in [2.45, 2.75) is 64.1 Å². The topological polar surface area (TPSA) is 49.7 Å². The van der Waals surface area contributed by atoms with Gasteiger partial charge in [-0.15, -0.1) is 13.2 Å². The summed E-state index contributed by atoms with van der Waals surface area (Å²) >= 11 is 0. The summed E-state index contributed by atoms with van der Waals surface area (Å²) < 4.78 is 6.57. The van der Waals surface area contributed by atoms with Gasteiger partial charge in [-0.1, -0.05) is 38.1 Å². The summed E-state index contributed by atoms with van der Waals surface area (Å²) in [5, 5.41) is 22.0. The van der Waals surface area contributed by atoms with Crippen LogP contribution >= 0.6 is 0 Å². The fourth-order valence-corrected chi connectivity index (χ4v) is 5.53. The summed E-state index contributed by atoms with van der Waals surface area (Å²) in [6.45, 7) is 14.2. The maximum absolute atomic E-state index is 11.2. The maximum Gasteiger partial charge on any atom is 0.134 e. The second-order valence-corrected chi connectivity index (χ2v) is 9.77. The lowest BCUT2D eigenvalue weighted by molar-refractivity contribution is -0.0916. The smallest absolute Gasteiger partial charge is 0.134 e. The first kappa shape index (κ1) is 21.7. The molecule has 0 amide bonds. The number of hydrogen-bond donors (Lipinski definition) is 2. The fourth-order valence-electron chi connectivity index (χ4n) is 5.53. The Kier molecular flexibility index (Phi) is 5.74. The van der Waals surface area contributed by atoms with Gasteiger partial charge in [-0.3, -0.25) is 0 Å². The van der Waals surface area contributed by atoms with Crippen LogP contribution in [0.3, 0.4) is 0 Å². The molecule has 2 aromatic rings. The first-order valence-corrected chi connectivity index (χ1v) is 11.4. The van der Waals surface area contributed by atoms with Crippen LogP contribution in [0.5, 0.6) is 11.5 Å². The third kappa shape index (κ3) is 3.80. The molecule has 2 aromatic carbocycles. The number of allylic oxidation sites excluding steroid dienone is 2. The second kappa shape index (κ2) is 8.20. The van der Waals surface area contributed by atoms with E-state index in [0.29, 0.717) is 11.8 Å². The van der Waals surface area contributed by atoms with Gasteiger partial charge in [-0.05, 0) is 73.8 Å². The molecule has 1 aliphatic heterocycles. The molecule has 31 heavy (non-hydrogen) atoms. The van der Waals surface area contributed by atoms with Crippen LogP contribution in [0.4, 0.5) is 0 Å². The zero-order valence-electron chi connectivity index (χ0n) is 18.9. The van der Waals surface area contributed by atoms with E-state index in [9.17, 15) is 10.2 Å². The van der Waals surface area contributed by atoms with Crippen molar-refractivity contribution < 1.29 is 14.9 Å². The Morgan fingerprint density at radius 1 is 1.10 bits per heavy atom. The van der Waals surface area contributed by atoms with Gasteiger partial charge in [0, 0.05) is 22.6 Å². The fraction of sp³-hybridized carbons (Fsp3) is 0.429. The lowest BCUT2D eigenvalue weighted by atomic mass is 9.65. The van der Waals surface area contributed by atoms with Crippen LogP contribution < -0.4 is 4.74 Å². The molecule has 164 valence electrons. The molecule has 4 atom stereocenters. The van der Waals surface area contributed by atoms with E-state index in [1.165, 1.54) is 0 Å². The number of hydrogen-bond acceptors (Lipinski definition) is 3. The van der Waals surface area contributed by atoms with E-state index in [0.717, 1.165) is 59.3 Å². The summed E-state index contributed by atoms with van der Waals surface area (Å²) in [6, 6.07) is 10.0. The molecule has 2 aliphatic rings. The highest BCUT2D eigenvalue weighted by Gasteiger charge is 2.53. The number of aliphatic hydroxyl groups is 1. The van der Waals surface area contributed by atoms with Gasteiger partial charge in [0.2, 0.25) is 0 Å². The number of aromatic hydroxyl groups is 1. The van der Waals surface area contributed by atoms with Gasteiger partial charge in [-0.25, -0.2) is 0 Å². The standard InChI is InChI=1S/C28H34O3/c1-6-8-18-10-11-24(29)21(14-18)22-15-19(9-7-2)16-23-25-20(17(3)4)12-13-28(5,30)27(25)31-26(22)23/h6-7,10-11,14-17,20,25,27,29-30H,1-2,8-9,12-13H2,3-5H3/t20-,25+,27-,28-/m1/s1. The number of phenols is 1. The van der Waals surface area contributed by atoms with Crippen molar-refractivity contribution in [1.82, 2.24) is 0 Å². The summed E-state index contributed by atoms with van der Waals surface area (Å²) in [4.78, 5) is 0. The molecule has 0 bridgehead atoms. The van der Waals surface area contributed by atoms with Crippen LogP contribution in [0, 0.1) is 11.8 Å². The molecule has 3 heteroatoms. The molecule has 4 rings (SSSR count). The molecule has 0 aromatic heterocycles. The van der Waals surface area contributed by atoms with Crippen LogP contribution in [0.1, 0.15) is 56.2 Å². The van der Waals surface area contributed by atoms with Crippen molar-refractivity contribution in [2.24, 2.45) is 11.8 Å².